The zero-order valence-electron chi connectivity index (χ0n) is 11.5. The molecule has 1 aromatic rings. The number of aliphatic carboxylic acids is 1. The van der Waals surface area contributed by atoms with Crippen LogP contribution in [-0.4, -0.2) is 26.0 Å². The van der Waals surface area contributed by atoms with Crippen molar-refractivity contribution in [2.75, 3.05) is 6.54 Å². The van der Waals surface area contributed by atoms with E-state index in [2.05, 4.69) is 4.72 Å². The van der Waals surface area contributed by atoms with E-state index in [0.717, 1.165) is 43.5 Å². The molecule has 0 atom stereocenters. The third-order valence-corrected chi connectivity index (χ3v) is 5.41. The van der Waals surface area contributed by atoms with Crippen LogP contribution in [0.4, 0.5) is 4.39 Å². The number of hydrogen-bond acceptors (Lipinski definition) is 3. The highest BCUT2D eigenvalue weighted by Gasteiger charge is 2.40. The van der Waals surface area contributed by atoms with Gasteiger partial charge in [-0.3, -0.25) is 4.79 Å². The van der Waals surface area contributed by atoms with E-state index in [1.54, 1.807) is 0 Å². The summed E-state index contributed by atoms with van der Waals surface area (Å²) in [6.07, 6.45) is 3.47. The predicted octanol–water partition coefficient (Wildman–Crippen LogP) is 2.14. The van der Waals surface area contributed by atoms with Crippen LogP contribution in [0.3, 0.4) is 0 Å². The van der Waals surface area contributed by atoms with Crippen LogP contribution in [0.5, 0.6) is 0 Å². The van der Waals surface area contributed by atoms with Gasteiger partial charge in [0.05, 0.1) is 10.3 Å². The summed E-state index contributed by atoms with van der Waals surface area (Å²) in [4.78, 5) is 11.4. The van der Waals surface area contributed by atoms with Crippen LogP contribution in [0.1, 0.15) is 32.1 Å². The maximum atomic E-state index is 12.8. The van der Waals surface area contributed by atoms with E-state index in [1.165, 1.54) is 0 Å². The molecule has 0 aliphatic heterocycles. The monoisotopic (exact) mass is 315 g/mol. The number of carboxylic acid groups (broad SMARTS) is 1. The van der Waals surface area contributed by atoms with E-state index < -0.39 is 27.2 Å². The van der Waals surface area contributed by atoms with E-state index in [0.29, 0.717) is 12.8 Å². The molecule has 0 unspecified atom stereocenters. The van der Waals surface area contributed by atoms with Gasteiger partial charge in [0, 0.05) is 6.54 Å². The van der Waals surface area contributed by atoms with Gasteiger partial charge >= 0.3 is 5.97 Å². The minimum Gasteiger partial charge on any atom is -0.481 e. The van der Waals surface area contributed by atoms with Gasteiger partial charge in [0.15, 0.2) is 0 Å². The standard InChI is InChI=1S/C14H18FNO4S/c15-11-4-6-12(7-5-11)21(19,20)16-10-14(13(17)18)8-2-1-3-9-14/h4-7,16H,1-3,8-10H2,(H,17,18). The molecule has 2 N–H and O–H groups in total. The topological polar surface area (TPSA) is 83.5 Å². The van der Waals surface area contributed by atoms with Crippen LogP contribution in [0.2, 0.25) is 0 Å². The molecule has 21 heavy (non-hydrogen) atoms. The average Bonchev–Trinajstić information content (AvgIpc) is 2.46. The van der Waals surface area contributed by atoms with Crippen molar-refractivity contribution in [2.45, 2.75) is 37.0 Å². The maximum absolute atomic E-state index is 12.8. The quantitative estimate of drug-likeness (QED) is 0.872. The van der Waals surface area contributed by atoms with Crippen LogP contribution in [0.25, 0.3) is 0 Å². The number of rotatable bonds is 5. The van der Waals surface area contributed by atoms with Crippen molar-refractivity contribution < 1.29 is 22.7 Å². The Hall–Kier alpha value is -1.47. The number of benzene rings is 1. The third-order valence-electron chi connectivity index (χ3n) is 3.99. The Morgan fingerprint density at radius 3 is 2.29 bits per heavy atom. The van der Waals surface area contributed by atoms with Gasteiger partial charge < -0.3 is 5.11 Å². The lowest BCUT2D eigenvalue weighted by Gasteiger charge is -2.33. The largest absolute Gasteiger partial charge is 0.481 e. The molecular weight excluding hydrogens is 297 g/mol. The molecule has 2 rings (SSSR count). The highest BCUT2D eigenvalue weighted by molar-refractivity contribution is 7.89. The Balaban J connectivity index is 2.13. The number of carbonyl (C=O) groups is 1. The molecular formula is C14H18FNO4S. The molecule has 1 saturated carbocycles. The predicted molar refractivity (Wildman–Crippen MR) is 74.7 cm³/mol. The average molecular weight is 315 g/mol. The van der Waals surface area contributed by atoms with E-state index in [9.17, 15) is 22.7 Å². The highest BCUT2D eigenvalue weighted by Crippen LogP contribution is 2.36. The summed E-state index contributed by atoms with van der Waals surface area (Å²) >= 11 is 0. The highest BCUT2D eigenvalue weighted by atomic mass is 32.2. The lowest BCUT2D eigenvalue weighted by molar-refractivity contribution is -0.150. The molecule has 0 bridgehead atoms. The van der Waals surface area contributed by atoms with E-state index >= 15 is 0 Å². The summed E-state index contributed by atoms with van der Waals surface area (Å²) in [6, 6.07) is 4.43. The lowest BCUT2D eigenvalue weighted by atomic mass is 9.74. The lowest BCUT2D eigenvalue weighted by Crippen LogP contribution is -2.44. The van der Waals surface area contributed by atoms with Crippen LogP contribution < -0.4 is 4.72 Å². The minimum atomic E-state index is -3.83. The van der Waals surface area contributed by atoms with E-state index in [4.69, 9.17) is 0 Å². The smallest absolute Gasteiger partial charge is 0.310 e. The van der Waals surface area contributed by atoms with Gasteiger partial charge in [-0.25, -0.2) is 17.5 Å². The number of sulfonamides is 1. The fourth-order valence-electron chi connectivity index (χ4n) is 2.63. The van der Waals surface area contributed by atoms with Gasteiger partial charge in [0.2, 0.25) is 10.0 Å². The second kappa shape index (κ2) is 6.11. The molecule has 0 amide bonds. The third kappa shape index (κ3) is 3.59. The van der Waals surface area contributed by atoms with Crippen LogP contribution in [0.15, 0.2) is 29.2 Å². The summed E-state index contributed by atoms with van der Waals surface area (Å²) in [6.45, 7) is -0.137. The molecule has 0 aromatic heterocycles. The first-order valence-corrected chi connectivity index (χ1v) is 8.33. The summed E-state index contributed by atoms with van der Waals surface area (Å²) in [5.74, 6) is -1.49. The molecule has 1 fully saturated rings. The van der Waals surface area contributed by atoms with Gasteiger partial charge in [-0.1, -0.05) is 19.3 Å². The minimum absolute atomic E-state index is 0.0692. The van der Waals surface area contributed by atoms with Gasteiger partial charge in [-0.2, -0.15) is 0 Å². The van der Waals surface area contributed by atoms with Gasteiger partial charge in [-0.05, 0) is 37.1 Å². The van der Waals surface area contributed by atoms with Crippen molar-refractivity contribution in [1.29, 1.82) is 0 Å². The Bertz CT molecular complexity index is 606. The van der Waals surface area contributed by atoms with Gasteiger partial charge in [0.1, 0.15) is 5.82 Å². The molecule has 7 heteroatoms. The summed E-state index contributed by atoms with van der Waals surface area (Å²) < 4.78 is 39.4. The molecule has 0 saturated heterocycles. The molecule has 0 radical (unpaired) electrons. The SMILES string of the molecule is O=C(O)C1(CNS(=O)(=O)c2ccc(F)cc2)CCCCC1. The Morgan fingerprint density at radius 1 is 1.19 bits per heavy atom. The Kier molecular flexibility index (Phi) is 4.63. The zero-order valence-corrected chi connectivity index (χ0v) is 12.3. The summed E-state index contributed by atoms with van der Waals surface area (Å²) in [5.41, 5.74) is -1.04. The van der Waals surface area contributed by atoms with E-state index in [1.807, 2.05) is 0 Å². The van der Waals surface area contributed by atoms with Gasteiger partial charge in [-0.15, -0.1) is 0 Å². The van der Waals surface area contributed by atoms with Crippen LogP contribution in [0, 0.1) is 11.2 Å². The molecule has 1 aliphatic rings. The maximum Gasteiger partial charge on any atom is 0.310 e. The second-order valence-electron chi connectivity index (χ2n) is 5.42. The second-order valence-corrected chi connectivity index (χ2v) is 7.19. The molecule has 5 nitrogen and oxygen atoms in total. The van der Waals surface area contributed by atoms with Crippen LogP contribution in [-0.2, 0) is 14.8 Å². The van der Waals surface area contributed by atoms with Crippen LogP contribution >= 0.6 is 0 Å². The fraction of sp³-hybridized carbons (Fsp3) is 0.500. The number of nitrogens with one attached hydrogen (secondary N) is 1. The zero-order chi connectivity index (χ0) is 15.5. The number of halogens is 1. The van der Waals surface area contributed by atoms with Crippen molar-refractivity contribution in [2.24, 2.45) is 5.41 Å². The first-order chi connectivity index (χ1) is 9.86. The van der Waals surface area contributed by atoms with Crippen molar-refractivity contribution in [3.05, 3.63) is 30.1 Å². The van der Waals surface area contributed by atoms with Gasteiger partial charge in [0.25, 0.3) is 0 Å². The Morgan fingerprint density at radius 2 is 1.76 bits per heavy atom. The van der Waals surface area contributed by atoms with Crippen molar-refractivity contribution in [3.63, 3.8) is 0 Å². The van der Waals surface area contributed by atoms with E-state index in [-0.39, 0.29) is 11.4 Å². The Labute approximate surface area is 123 Å². The molecule has 116 valence electrons. The molecule has 1 aliphatic carbocycles. The normalized spacial score (nSPS) is 18.3. The molecule has 1 aromatic carbocycles. The fourth-order valence-corrected chi connectivity index (χ4v) is 3.75. The number of hydrogen-bond donors (Lipinski definition) is 2. The number of carboxylic acids is 1. The summed E-state index contributed by atoms with van der Waals surface area (Å²) in [7, 11) is -3.83. The molecule has 0 heterocycles. The molecule has 0 spiro atoms. The van der Waals surface area contributed by atoms with Crippen molar-refractivity contribution in [3.8, 4) is 0 Å². The van der Waals surface area contributed by atoms with Crippen molar-refractivity contribution >= 4 is 16.0 Å². The first-order valence-electron chi connectivity index (χ1n) is 6.84. The summed E-state index contributed by atoms with van der Waals surface area (Å²) in [5, 5.41) is 9.41. The van der Waals surface area contributed by atoms with Crippen molar-refractivity contribution in [1.82, 2.24) is 4.72 Å². The first kappa shape index (κ1) is 15.9.